The molecule has 1 unspecified atom stereocenters. The zero-order chi connectivity index (χ0) is 13.1. The molecule has 18 heavy (non-hydrogen) atoms. The summed E-state index contributed by atoms with van der Waals surface area (Å²) in [6.07, 6.45) is 3.70. The van der Waals surface area contributed by atoms with E-state index in [1.54, 1.807) is 0 Å². The van der Waals surface area contributed by atoms with Gasteiger partial charge in [-0.05, 0) is 56.0 Å². The average Bonchev–Trinajstić information content (AvgIpc) is 2.35. The molecular weight excluding hydrogens is 220 g/mol. The average molecular weight is 240 g/mol. The summed E-state index contributed by atoms with van der Waals surface area (Å²) in [7, 11) is 0. The third kappa shape index (κ3) is 2.70. The summed E-state index contributed by atoms with van der Waals surface area (Å²) in [5.74, 6) is 0. The van der Waals surface area contributed by atoms with Crippen molar-refractivity contribution in [2.45, 2.75) is 33.7 Å². The molecule has 0 spiro atoms. The molecular formula is C16H20N2. The van der Waals surface area contributed by atoms with Crippen molar-refractivity contribution in [1.29, 1.82) is 0 Å². The maximum atomic E-state index is 4.16. The monoisotopic (exact) mass is 240 g/mol. The van der Waals surface area contributed by atoms with Crippen LogP contribution in [-0.2, 0) is 0 Å². The van der Waals surface area contributed by atoms with E-state index in [9.17, 15) is 0 Å². The smallest absolute Gasteiger partial charge is 0.0561 e. The zero-order valence-corrected chi connectivity index (χ0v) is 11.5. The first kappa shape index (κ1) is 12.6. The second-order valence-electron chi connectivity index (χ2n) is 4.90. The lowest BCUT2D eigenvalue weighted by Gasteiger charge is -2.18. The maximum Gasteiger partial charge on any atom is 0.0561 e. The first-order valence-electron chi connectivity index (χ1n) is 6.32. The van der Waals surface area contributed by atoms with E-state index in [0.29, 0.717) is 0 Å². The van der Waals surface area contributed by atoms with Gasteiger partial charge in [0.05, 0.1) is 11.9 Å². The Morgan fingerprint density at radius 3 is 2.44 bits per heavy atom. The third-order valence-electron chi connectivity index (χ3n) is 3.44. The lowest BCUT2D eigenvalue weighted by molar-refractivity contribution is 0.877. The summed E-state index contributed by atoms with van der Waals surface area (Å²) < 4.78 is 0. The van der Waals surface area contributed by atoms with Crippen molar-refractivity contribution in [3.8, 4) is 0 Å². The molecule has 0 bridgehead atoms. The molecule has 0 aliphatic rings. The highest BCUT2D eigenvalue weighted by Crippen LogP contribution is 2.22. The van der Waals surface area contributed by atoms with Crippen LogP contribution in [-0.4, -0.2) is 4.98 Å². The van der Waals surface area contributed by atoms with E-state index >= 15 is 0 Å². The predicted molar refractivity (Wildman–Crippen MR) is 76.9 cm³/mol. The summed E-state index contributed by atoms with van der Waals surface area (Å²) in [5, 5.41) is 3.51. The minimum absolute atomic E-state index is 0.284. The molecule has 0 amide bonds. The molecule has 2 rings (SSSR count). The SMILES string of the molecule is Cc1ccc(C(C)Nc2cnccc2C)cc1C. The lowest BCUT2D eigenvalue weighted by Crippen LogP contribution is -2.08. The van der Waals surface area contributed by atoms with E-state index in [2.05, 4.69) is 56.2 Å². The van der Waals surface area contributed by atoms with Gasteiger partial charge in [-0.25, -0.2) is 0 Å². The number of hydrogen-bond acceptors (Lipinski definition) is 2. The Morgan fingerprint density at radius 1 is 1.00 bits per heavy atom. The largest absolute Gasteiger partial charge is 0.377 e. The Labute approximate surface area is 109 Å². The van der Waals surface area contributed by atoms with E-state index in [1.807, 2.05) is 18.5 Å². The Kier molecular flexibility index (Phi) is 3.66. The fraction of sp³-hybridized carbons (Fsp3) is 0.312. The topological polar surface area (TPSA) is 24.9 Å². The quantitative estimate of drug-likeness (QED) is 0.870. The van der Waals surface area contributed by atoms with Gasteiger partial charge in [0, 0.05) is 12.2 Å². The fourth-order valence-electron chi connectivity index (χ4n) is 1.97. The summed E-state index contributed by atoms with van der Waals surface area (Å²) in [6, 6.07) is 8.92. The minimum atomic E-state index is 0.284. The van der Waals surface area contributed by atoms with Gasteiger partial charge in [-0.1, -0.05) is 18.2 Å². The summed E-state index contributed by atoms with van der Waals surface area (Å²) in [4.78, 5) is 4.16. The van der Waals surface area contributed by atoms with E-state index in [0.717, 1.165) is 5.69 Å². The second kappa shape index (κ2) is 5.21. The van der Waals surface area contributed by atoms with Crippen molar-refractivity contribution in [2.75, 3.05) is 5.32 Å². The highest BCUT2D eigenvalue weighted by Gasteiger charge is 2.07. The number of hydrogen-bond donors (Lipinski definition) is 1. The first-order valence-corrected chi connectivity index (χ1v) is 6.32. The van der Waals surface area contributed by atoms with Gasteiger partial charge in [-0.15, -0.1) is 0 Å². The standard InChI is InChI=1S/C16H20N2/c1-11-5-6-15(9-13(11)3)14(4)18-16-10-17-8-7-12(16)2/h5-10,14,18H,1-4H3. The van der Waals surface area contributed by atoms with Crippen LogP contribution in [0.2, 0.25) is 0 Å². The fourth-order valence-corrected chi connectivity index (χ4v) is 1.97. The Hall–Kier alpha value is -1.83. The molecule has 0 saturated heterocycles. The summed E-state index contributed by atoms with van der Waals surface area (Å²) in [6.45, 7) is 8.57. The van der Waals surface area contributed by atoms with Gasteiger partial charge in [0.25, 0.3) is 0 Å². The Morgan fingerprint density at radius 2 is 1.78 bits per heavy atom. The number of benzene rings is 1. The van der Waals surface area contributed by atoms with Crippen molar-refractivity contribution in [1.82, 2.24) is 4.98 Å². The number of anilines is 1. The van der Waals surface area contributed by atoms with E-state index in [4.69, 9.17) is 0 Å². The molecule has 0 saturated carbocycles. The molecule has 1 atom stereocenters. The molecule has 2 nitrogen and oxygen atoms in total. The van der Waals surface area contributed by atoms with Gasteiger partial charge in [0.1, 0.15) is 0 Å². The maximum absolute atomic E-state index is 4.16. The van der Waals surface area contributed by atoms with Gasteiger partial charge in [-0.3, -0.25) is 4.98 Å². The van der Waals surface area contributed by atoms with Crippen LogP contribution in [0.5, 0.6) is 0 Å². The highest BCUT2D eigenvalue weighted by molar-refractivity contribution is 5.50. The predicted octanol–water partition coefficient (Wildman–Crippen LogP) is 4.18. The molecule has 2 aromatic rings. The van der Waals surface area contributed by atoms with E-state index in [-0.39, 0.29) is 6.04 Å². The van der Waals surface area contributed by atoms with Crippen LogP contribution in [0, 0.1) is 20.8 Å². The lowest BCUT2D eigenvalue weighted by atomic mass is 10.0. The molecule has 1 heterocycles. The Bertz CT molecular complexity index is 547. The molecule has 0 radical (unpaired) electrons. The van der Waals surface area contributed by atoms with Gasteiger partial charge in [0.15, 0.2) is 0 Å². The van der Waals surface area contributed by atoms with Gasteiger partial charge in [0.2, 0.25) is 0 Å². The number of pyridine rings is 1. The number of aryl methyl sites for hydroxylation is 3. The van der Waals surface area contributed by atoms with Crippen LogP contribution in [0.4, 0.5) is 5.69 Å². The molecule has 0 fully saturated rings. The van der Waals surface area contributed by atoms with Crippen LogP contribution in [0.3, 0.4) is 0 Å². The van der Waals surface area contributed by atoms with Crippen molar-refractivity contribution < 1.29 is 0 Å². The zero-order valence-electron chi connectivity index (χ0n) is 11.5. The second-order valence-corrected chi connectivity index (χ2v) is 4.90. The molecule has 0 aliphatic heterocycles. The molecule has 1 aromatic carbocycles. The first-order chi connectivity index (χ1) is 8.58. The molecule has 2 heteroatoms. The molecule has 0 aliphatic carbocycles. The van der Waals surface area contributed by atoms with Crippen LogP contribution in [0.1, 0.15) is 35.2 Å². The normalized spacial score (nSPS) is 12.2. The van der Waals surface area contributed by atoms with Crippen molar-refractivity contribution in [3.05, 3.63) is 58.9 Å². The molecule has 94 valence electrons. The van der Waals surface area contributed by atoms with Gasteiger partial charge < -0.3 is 5.32 Å². The van der Waals surface area contributed by atoms with Crippen LogP contribution >= 0.6 is 0 Å². The van der Waals surface area contributed by atoms with Crippen LogP contribution in [0.15, 0.2) is 36.7 Å². The molecule has 1 N–H and O–H groups in total. The van der Waals surface area contributed by atoms with Crippen LogP contribution < -0.4 is 5.32 Å². The van der Waals surface area contributed by atoms with Gasteiger partial charge >= 0.3 is 0 Å². The minimum Gasteiger partial charge on any atom is -0.377 e. The Balaban J connectivity index is 2.19. The van der Waals surface area contributed by atoms with Crippen molar-refractivity contribution in [2.24, 2.45) is 0 Å². The summed E-state index contributed by atoms with van der Waals surface area (Å²) >= 11 is 0. The number of nitrogens with one attached hydrogen (secondary N) is 1. The van der Waals surface area contributed by atoms with Crippen molar-refractivity contribution >= 4 is 5.69 Å². The van der Waals surface area contributed by atoms with E-state index < -0.39 is 0 Å². The van der Waals surface area contributed by atoms with E-state index in [1.165, 1.54) is 22.3 Å². The van der Waals surface area contributed by atoms with Crippen LogP contribution in [0.25, 0.3) is 0 Å². The number of aromatic nitrogens is 1. The number of rotatable bonds is 3. The van der Waals surface area contributed by atoms with Crippen molar-refractivity contribution in [3.63, 3.8) is 0 Å². The molecule has 1 aromatic heterocycles. The number of nitrogens with zero attached hydrogens (tertiary/aromatic N) is 1. The highest BCUT2D eigenvalue weighted by atomic mass is 14.9. The third-order valence-corrected chi connectivity index (χ3v) is 3.44. The summed E-state index contributed by atoms with van der Waals surface area (Å²) in [5.41, 5.74) is 6.30. The van der Waals surface area contributed by atoms with Gasteiger partial charge in [-0.2, -0.15) is 0 Å².